The van der Waals surface area contributed by atoms with Crippen molar-refractivity contribution in [2.75, 3.05) is 52.5 Å². The van der Waals surface area contributed by atoms with Crippen LogP contribution >= 0.6 is 0 Å². The summed E-state index contributed by atoms with van der Waals surface area (Å²) in [7, 11) is 0. The van der Waals surface area contributed by atoms with Crippen LogP contribution in [0, 0.1) is 0 Å². The third-order valence-corrected chi connectivity index (χ3v) is 6.36. The number of alkyl halides is 3. The van der Waals surface area contributed by atoms with Gasteiger partial charge in [-0.25, -0.2) is 0 Å². The van der Waals surface area contributed by atoms with Crippen LogP contribution in [0.25, 0.3) is 11.1 Å². The highest BCUT2D eigenvalue weighted by atomic mass is 19.4. The minimum absolute atomic E-state index is 0.128. The predicted molar refractivity (Wildman–Crippen MR) is 137 cm³/mol. The van der Waals surface area contributed by atoms with Gasteiger partial charge in [-0.3, -0.25) is 9.80 Å². The number of allylic oxidation sites excluding steroid dienone is 1. The number of aliphatic hydroxyl groups excluding tert-OH is 1. The summed E-state index contributed by atoms with van der Waals surface area (Å²) < 4.78 is 49.1. The molecule has 1 aliphatic heterocycles. The van der Waals surface area contributed by atoms with Crippen molar-refractivity contribution in [2.45, 2.75) is 6.18 Å². The Bertz CT molecular complexity index is 1110. The van der Waals surface area contributed by atoms with E-state index >= 15 is 0 Å². The lowest BCUT2D eigenvalue weighted by Crippen LogP contribution is -2.48. The minimum Gasteiger partial charge on any atom is -0.492 e. The largest absolute Gasteiger partial charge is 0.492 e. The molecular weight excluding hydrogens is 465 g/mol. The van der Waals surface area contributed by atoms with Gasteiger partial charge in [-0.2, -0.15) is 13.2 Å². The van der Waals surface area contributed by atoms with E-state index in [9.17, 15) is 13.2 Å². The number of halogens is 3. The van der Waals surface area contributed by atoms with Gasteiger partial charge in [0, 0.05) is 44.8 Å². The Morgan fingerprint density at radius 2 is 1.19 bits per heavy atom. The average molecular weight is 497 g/mol. The first-order chi connectivity index (χ1) is 17.5. The fourth-order valence-electron chi connectivity index (χ4n) is 4.50. The molecule has 0 spiro atoms. The molecule has 190 valence electrons. The molecule has 0 bridgehead atoms. The molecule has 0 amide bonds. The zero-order chi connectivity index (χ0) is 25.4. The van der Waals surface area contributed by atoms with Crippen LogP contribution in [0.2, 0.25) is 0 Å². The number of benzene rings is 3. The van der Waals surface area contributed by atoms with Crippen molar-refractivity contribution in [2.24, 2.45) is 0 Å². The average Bonchev–Trinajstić information content (AvgIpc) is 2.89. The molecule has 0 radical (unpaired) electrons. The van der Waals surface area contributed by atoms with Crippen molar-refractivity contribution in [3.8, 4) is 5.75 Å². The van der Waals surface area contributed by atoms with Crippen molar-refractivity contribution >= 4 is 11.1 Å². The Balaban J connectivity index is 1.53. The third-order valence-electron chi connectivity index (χ3n) is 6.36. The van der Waals surface area contributed by atoms with Crippen LogP contribution in [-0.2, 0) is 0 Å². The highest BCUT2D eigenvalue weighted by Crippen LogP contribution is 2.42. The fourth-order valence-corrected chi connectivity index (χ4v) is 4.50. The number of hydrogen-bond donors (Lipinski definition) is 1. The lowest BCUT2D eigenvalue weighted by atomic mass is 9.89. The van der Waals surface area contributed by atoms with Gasteiger partial charge in [0.1, 0.15) is 12.4 Å². The van der Waals surface area contributed by atoms with Gasteiger partial charge in [-0.15, -0.1) is 0 Å². The highest BCUT2D eigenvalue weighted by Gasteiger charge is 2.38. The maximum absolute atomic E-state index is 14.4. The van der Waals surface area contributed by atoms with Gasteiger partial charge >= 0.3 is 6.18 Å². The number of nitrogens with zero attached hydrogens (tertiary/aromatic N) is 2. The van der Waals surface area contributed by atoms with Crippen LogP contribution in [0.3, 0.4) is 0 Å². The second kappa shape index (κ2) is 12.2. The van der Waals surface area contributed by atoms with Gasteiger partial charge in [-0.1, -0.05) is 72.8 Å². The van der Waals surface area contributed by atoms with Crippen LogP contribution in [0.1, 0.15) is 16.7 Å². The van der Waals surface area contributed by atoms with E-state index in [0.717, 1.165) is 32.7 Å². The van der Waals surface area contributed by atoms with E-state index in [1.807, 2.05) is 0 Å². The van der Waals surface area contributed by atoms with E-state index in [2.05, 4.69) is 9.80 Å². The van der Waals surface area contributed by atoms with Crippen LogP contribution in [0.4, 0.5) is 13.2 Å². The maximum atomic E-state index is 14.4. The number of rotatable bonds is 9. The molecule has 0 aromatic heterocycles. The normalized spacial score (nSPS) is 16.0. The highest BCUT2D eigenvalue weighted by molar-refractivity contribution is 6.00. The van der Waals surface area contributed by atoms with Gasteiger partial charge in [-0.05, 0) is 28.8 Å². The zero-order valence-corrected chi connectivity index (χ0v) is 20.1. The molecule has 1 heterocycles. The quantitative estimate of drug-likeness (QED) is 0.414. The minimum atomic E-state index is -4.54. The Kier molecular flexibility index (Phi) is 8.80. The summed E-state index contributed by atoms with van der Waals surface area (Å²) in [5.74, 6) is 0.623. The monoisotopic (exact) mass is 496 g/mol. The summed E-state index contributed by atoms with van der Waals surface area (Å²) in [6, 6.07) is 23.5. The van der Waals surface area contributed by atoms with Gasteiger partial charge in [0.25, 0.3) is 0 Å². The Morgan fingerprint density at radius 3 is 1.72 bits per heavy atom. The molecule has 7 heteroatoms. The Hall–Kier alpha value is -3.13. The molecule has 1 N–H and O–H groups in total. The molecule has 4 nitrogen and oxygen atoms in total. The van der Waals surface area contributed by atoms with Crippen LogP contribution in [0.15, 0.2) is 84.9 Å². The number of aliphatic hydroxyl groups is 1. The van der Waals surface area contributed by atoms with Crippen molar-refractivity contribution in [3.63, 3.8) is 0 Å². The van der Waals surface area contributed by atoms with E-state index < -0.39 is 11.7 Å². The summed E-state index contributed by atoms with van der Waals surface area (Å²) in [6.45, 7) is 5.85. The number of piperazine rings is 1. The lowest BCUT2D eigenvalue weighted by Gasteiger charge is -2.34. The Morgan fingerprint density at radius 1 is 0.694 bits per heavy atom. The van der Waals surface area contributed by atoms with Crippen LogP contribution < -0.4 is 4.74 Å². The van der Waals surface area contributed by atoms with Crippen molar-refractivity contribution in [3.05, 3.63) is 102 Å². The van der Waals surface area contributed by atoms with Crippen LogP contribution in [0.5, 0.6) is 5.75 Å². The topological polar surface area (TPSA) is 35.9 Å². The molecule has 36 heavy (non-hydrogen) atoms. The SMILES string of the molecule is OCCN1CCN(CCOc2ccc(C(=C(c3ccccc3)C(F)(F)F)c3ccccc3)cc2)CC1. The molecule has 1 aliphatic rings. The Labute approximate surface area is 210 Å². The third kappa shape index (κ3) is 6.75. The summed E-state index contributed by atoms with van der Waals surface area (Å²) >= 11 is 0. The van der Waals surface area contributed by atoms with E-state index in [0.29, 0.717) is 30.0 Å². The van der Waals surface area contributed by atoms with Crippen molar-refractivity contribution in [1.29, 1.82) is 0 Å². The number of hydrogen-bond acceptors (Lipinski definition) is 4. The fraction of sp³-hybridized carbons (Fsp3) is 0.310. The van der Waals surface area contributed by atoms with Crippen LogP contribution in [-0.4, -0.2) is 73.6 Å². The second-order valence-corrected chi connectivity index (χ2v) is 8.76. The number of β-amino-alcohol motifs (C(OH)–C–C–N with tert-alkyl or cyclic N) is 1. The first-order valence-corrected chi connectivity index (χ1v) is 12.2. The van der Waals surface area contributed by atoms with Gasteiger partial charge in [0.2, 0.25) is 0 Å². The lowest BCUT2D eigenvalue weighted by molar-refractivity contribution is -0.0685. The molecular formula is C29H31F3N2O2. The second-order valence-electron chi connectivity index (χ2n) is 8.76. The van der Waals surface area contributed by atoms with Gasteiger partial charge < -0.3 is 9.84 Å². The van der Waals surface area contributed by atoms with Crippen molar-refractivity contribution < 1.29 is 23.0 Å². The smallest absolute Gasteiger partial charge is 0.417 e. The van der Waals surface area contributed by atoms with E-state index in [1.165, 1.54) is 12.1 Å². The molecule has 3 aromatic rings. The molecule has 0 unspecified atom stereocenters. The first kappa shape index (κ1) is 25.9. The summed E-state index contributed by atoms with van der Waals surface area (Å²) in [6.07, 6.45) is -4.54. The molecule has 0 atom stereocenters. The molecule has 0 saturated carbocycles. The first-order valence-electron chi connectivity index (χ1n) is 12.2. The van der Waals surface area contributed by atoms with Crippen molar-refractivity contribution in [1.82, 2.24) is 9.80 Å². The summed E-state index contributed by atoms with van der Waals surface area (Å²) in [5, 5.41) is 9.06. The molecule has 1 fully saturated rings. The molecule has 4 rings (SSSR count). The maximum Gasteiger partial charge on any atom is 0.417 e. The van der Waals surface area contributed by atoms with Gasteiger partial charge in [0.15, 0.2) is 0 Å². The van der Waals surface area contributed by atoms with Gasteiger partial charge in [0.05, 0.1) is 12.2 Å². The summed E-state index contributed by atoms with van der Waals surface area (Å²) in [4.78, 5) is 4.55. The van der Waals surface area contributed by atoms with E-state index in [-0.39, 0.29) is 17.7 Å². The summed E-state index contributed by atoms with van der Waals surface area (Å²) in [5.41, 5.74) is 0.584. The molecule has 3 aromatic carbocycles. The van der Waals surface area contributed by atoms with E-state index in [1.54, 1.807) is 72.8 Å². The predicted octanol–water partition coefficient (Wildman–Crippen LogP) is 5.20. The zero-order valence-electron chi connectivity index (χ0n) is 20.1. The van der Waals surface area contributed by atoms with E-state index in [4.69, 9.17) is 9.84 Å². The standard InChI is InChI=1S/C29H31F3N2O2/c30-29(31,32)28(25-9-5-2-6-10-25)27(23-7-3-1-4-8-23)24-11-13-26(14-12-24)36-22-20-34-17-15-33(16-18-34)19-21-35/h1-14,35H,15-22H2. The molecule has 1 saturated heterocycles. The molecule has 0 aliphatic carbocycles. The number of ether oxygens (including phenoxy) is 1.